The average Bonchev–Trinajstić information content (AvgIpc) is 2.38. The van der Waals surface area contributed by atoms with Crippen molar-refractivity contribution in [3.8, 4) is 0 Å². The highest BCUT2D eigenvalue weighted by Gasteiger charge is 2.34. The quantitative estimate of drug-likeness (QED) is 0.823. The number of nitrogens with two attached hydrogens (primary N) is 1. The van der Waals surface area contributed by atoms with Crippen LogP contribution in [0.15, 0.2) is 18.2 Å². The third kappa shape index (κ3) is 2.96. The molecule has 1 saturated heterocycles. The first kappa shape index (κ1) is 14.0. The normalized spacial score (nSPS) is 20.6. The molecule has 1 aliphatic heterocycles. The van der Waals surface area contributed by atoms with E-state index in [9.17, 15) is 13.2 Å². The van der Waals surface area contributed by atoms with Crippen LogP contribution in [0.1, 0.15) is 38.2 Å². The Labute approximate surface area is 111 Å². The van der Waals surface area contributed by atoms with Gasteiger partial charge in [0.2, 0.25) is 0 Å². The highest BCUT2D eigenvalue weighted by Crippen LogP contribution is 2.37. The van der Waals surface area contributed by atoms with Crippen molar-refractivity contribution < 1.29 is 13.2 Å². The molecule has 1 aliphatic rings. The fraction of sp³-hybridized carbons (Fsp3) is 0.571. The first-order valence-corrected chi connectivity index (χ1v) is 6.67. The molecule has 0 radical (unpaired) electrons. The minimum Gasteiger partial charge on any atom is -0.398 e. The van der Waals surface area contributed by atoms with Crippen molar-refractivity contribution in [2.75, 3.05) is 17.2 Å². The van der Waals surface area contributed by atoms with E-state index in [2.05, 4.69) is 11.8 Å². The Kier molecular flexibility index (Phi) is 3.92. The fourth-order valence-corrected chi connectivity index (χ4v) is 2.73. The van der Waals surface area contributed by atoms with Gasteiger partial charge in [-0.1, -0.05) is 6.92 Å². The maximum Gasteiger partial charge on any atom is 0.418 e. The van der Waals surface area contributed by atoms with E-state index in [1.54, 1.807) is 6.07 Å². The van der Waals surface area contributed by atoms with Gasteiger partial charge >= 0.3 is 6.18 Å². The number of piperidine rings is 1. The molecule has 0 spiro atoms. The van der Waals surface area contributed by atoms with E-state index in [1.807, 2.05) is 0 Å². The highest BCUT2D eigenvalue weighted by atomic mass is 19.4. The summed E-state index contributed by atoms with van der Waals surface area (Å²) in [5.74, 6) is 0. The Bertz CT molecular complexity index is 443. The number of hydrogen-bond acceptors (Lipinski definition) is 2. The fourth-order valence-electron chi connectivity index (χ4n) is 2.73. The molecule has 19 heavy (non-hydrogen) atoms. The average molecular weight is 272 g/mol. The van der Waals surface area contributed by atoms with Crippen LogP contribution in [-0.4, -0.2) is 12.6 Å². The van der Waals surface area contributed by atoms with E-state index in [4.69, 9.17) is 5.73 Å². The minimum atomic E-state index is -4.39. The van der Waals surface area contributed by atoms with Crippen LogP contribution in [0.25, 0.3) is 0 Å². The zero-order chi connectivity index (χ0) is 14.0. The molecule has 106 valence electrons. The molecular weight excluding hydrogens is 253 g/mol. The molecule has 1 heterocycles. The molecule has 2 nitrogen and oxygen atoms in total. The van der Waals surface area contributed by atoms with Gasteiger partial charge < -0.3 is 10.6 Å². The van der Waals surface area contributed by atoms with Crippen molar-refractivity contribution in [3.63, 3.8) is 0 Å². The SMILES string of the molecule is CCC1CCCCN1c1ccc(N)c(C(F)(F)F)c1. The summed E-state index contributed by atoms with van der Waals surface area (Å²) in [5.41, 5.74) is 5.13. The second-order valence-corrected chi connectivity index (χ2v) is 5.02. The third-order valence-electron chi connectivity index (χ3n) is 3.77. The Balaban J connectivity index is 2.34. The van der Waals surface area contributed by atoms with Crippen LogP contribution in [0.3, 0.4) is 0 Å². The molecule has 1 aromatic rings. The number of rotatable bonds is 2. The van der Waals surface area contributed by atoms with Crippen LogP contribution in [0.2, 0.25) is 0 Å². The summed E-state index contributed by atoms with van der Waals surface area (Å²) < 4.78 is 38.6. The molecule has 1 unspecified atom stereocenters. The lowest BCUT2D eigenvalue weighted by Gasteiger charge is -2.37. The van der Waals surface area contributed by atoms with Crippen LogP contribution in [0.4, 0.5) is 24.5 Å². The van der Waals surface area contributed by atoms with Crippen LogP contribution in [0.5, 0.6) is 0 Å². The summed E-state index contributed by atoms with van der Waals surface area (Å²) in [4.78, 5) is 2.08. The van der Waals surface area contributed by atoms with Crippen molar-refractivity contribution in [1.82, 2.24) is 0 Å². The van der Waals surface area contributed by atoms with E-state index in [1.165, 1.54) is 12.1 Å². The molecule has 0 bridgehead atoms. The molecule has 1 fully saturated rings. The Morgan fingerprint density at radius 1 is 1.32 bits per heavy atom. The number of alkyl halides is 3. The van der Waals surface area contributed by atoms with Crippen LogP contribution in [-0.2, 0) is 6.18 Å². The maximum atomic E-state index is 12.9. The van der Waals surface area contributed by atoms with Gasteiger partial charge in [-0.25, -0.2) is 0 Å². The summed E-state index contributed by atoms with van der Waals surface area (Å²) in [6, 6.07) is 4.57. The number of hydrogen-bond donors (Lipinski definition) is 1. The Morgan fingerprint density at radius 3 is 2.68 bits per heavy atom. The number of benzene rings is 1. The zero-order valence-electron chi connectivity index (χ0n) is 11.0. The van der Waals surface area contributed by atoms with Gasteiger partial charge in [0.15, 0.2) is 0 Å². The lowest BCUT2D eigenvalue weighted by molar-refractivity contribution is -0.136. The number of halogens is 3. The predicted octanol–water partition coefficient (Wildman–Crippen LogP) is 4.06. The zero-order valence-corrected chi connectivity index (χ0v) is 11.0. The smallest absolute Gasteiger partial charge is 0.398 e. The molecule has 0 amide bonds. The van der Waals surface area contributed by atoms with Gasteiger partial charge in [0.25, 0.3) is 0 Å². The monoisotopic (exact) mass is 272 g/mol. The Morgan fingerprint density at radius 2 is 2.05 bits per heavy atom. The number of anilines is 2. The first-order chi connectivity index (χ1) is 8.93. The molecule has 2 N–H and O–H groups in total. The summed E-state index contributed by atoms with van der Waals surface area (Å²) in [5, 5.41) is 0. The summed E-state index contributed by atoms with van der Waals surface area (Å²) in [6.45, 7) is 2.89. The summed E-state index contributed by atoms with van der Waals surface area (Å²) >= 11 is 0. The molecule has 5 heteroatoms. The van der Waals surface area contributed by atoms with Gasteiger partial charge in [-0.3, -0.25) is 0 Å². The molecule has 0 saturated carbocycles. The van der Waals surface area contributed by atoms with E-state index in [-0.39, 0.29) is 5.69 Å². The number of nitrogens with zero attached hydrogens (tertiary/aromatic N) is 1. The lowest BCUT2D eigenvalue weighted by atomic mass is 9.98. The second kappa shape index (κ2) is 5.31. The Hall–Kier alpha value is -1.39. The second-order valence-electron chi connectivity index (χ2n) is 5.02. The maximum absolute atomic E-state index is 12.9. The molecule has 2 rings (SSSR count). The standard InChI is InChI=1S/C14H19F3N2/c1-2-10-5-3-4-8-19(10)11-6-7-13(18)12(9-11)14(15,16)17/h6-7,9-10H,2-5,8,18H2,1H3. The van der Waals surface area contributed by atoms with Crippen LogP contribution >= 0.6 is 0 Å². The van der Waals surface area contributed by atoms with Gasteiger partial charge in [0, 0.05) is 24.0 Å². The molecule has 0 aromatic heterocycles. The highest BCUT2D eigenvalue weighted by molar-refractivity contribution is 5.60. The van der Waals surface area contributed by atoms with Crippen molar-refractivity contribution in [3.05, 3.63) is 23.8 Å². The molecule has 1 aromatic carbocycles. The lowest BCUT2D eigenvalue weighted by Crippen LogP contribution is -2.39. The first-order valence-electron chi connectivity index (χ1n) is 6.67. The van der Waals surface area contributed by atoms with Crippen molar-refractivity contribution in [2.45, 2.75) is 44.8 Å². The topological polar surface area (TPSA) is 29.3 Å². The van der Waals surface area contributed by atoms with Crippen molar-refractivity contribution in [1.29, 1.82) is 0 Å². The van der Waals surface area contributed by atoms with E-state index in [0.717, 1.165) is 32.2 Å². The summed E-state index contributed by atoms with van der Waals surface area (Å²) in [6.07, 6.45) is -0.218. The van der Waals surface area contributed by atoms with Crippen LogP contribution in [0, 0.1) is 0 Å². The van der Waals surface area contributed by atoms with E-state index < -0.39 is 11.7 Å². The van der Waals surface area contributed by atoms with Gasteiger partial charge in [-0.15, -0.1) is 0 Å². The molecule has 0 aliphatic carbocycles. The van der Waals surface area contributed by atoms with Crippen LogP contribution < -0.4 is 10.6 Å². The minimum absolute atomic E-state index is 0.207. The van der Waals surface area contributed by atoms with Gasteiger partial charge in [-0.2, -0.15) is 13.2 Å². The largest absolute Gasteiger partial charge is 0.418 e. The van der Waals surface area contributed by atoms with E-state index in [0.29, 0.717) is 11.7 Å². The van der Waals surface area contributed by atoms with Crippen molar-refractivity contribution in [2.24, 2.45) is 0 Å². The molecule has 1 atom stereocenters. The summed E-state index contributed by atoms with van der Waals surface area (Å²) in [7, 11) is 0. The molecular formula is C14H19F3N2. The van der Waals surface area contributed by atoms with Gasteiger partial charge in [-0.05, 0) is 43.9 Å². The van der Waals surface area contributed by atoms with Crippen molar-refractivity contribution >= 4 is 11.4 Å². The predicted molar refractivity (Wildman–Crippen MR) is 71.1 cm³/mol. The van der Waals surface area contributed by atoms with E-state index >= 15 is 0 Å². The van der Waals surface area contributed by atoms with Gasteiger partial charge in [0.05, 0.1) is 5.56 Å². The third-order valence-corrected chi connectivity index (χ3v) is 3.77. The van der Waals surface area contributed by atoms with Gasteiger partial charge in [0.1, 0.15) is 0 Å². The number of nitrogen functional groups attached to an aromatic ring is 1.